The monoisotopic (exact) mass is 383 g/mol. The van der Waals surface area contributed by atoms with Gasteiger partial charge in [0.15, 0.2) is 9.84 Å². The molecule has 7 heteroatoms. The van der Waals surface area contributed by atoms with Crippen LogP contribution in [-0.4, -0.2) is 37.1 Å². The van der Waals surface area contributed by atoms with E-state index in [0.29, 0.717) is 12.4 Å². The van der Waals surface area contributed by atoms with Crippen LogP contribution in [0.5, 0.6) is 0 Å². The Morgan fingerprint density at radius 1 is 1.15 bits per heavy atom. The van der Waals surface area contributed by atoms with Gasteiger partial charge in [-0.2, -0.15) is 0 Å². The summed E-state index contributed by atoms with van der Waals surface area (Å²) < 4.78 is 23.3. The van der Waals surface area contributed by atoms with Gasteiger partial charge < -0.3 is 9.88 Å². The first-order chi connectivity index (χ1) is 12.6. The molecule has 3 aromatic rings. The van der Waals surface area contributed by atoms with E-state index in [9.17, 15) is 13.2 Å². The smallest absolute Gasteiger partial charge is 0.237 e. The first-order valence-electron chi connectivity index (χ1n) is 8.79. The molecule has 0 aliphatic carbocycles. The first-order valence-corrected chi connectivity index (χ1v) is 10.7. The lowest BCUT2D eigenvalue weighted by atomic mass is 9.86. The highest BCUT2D eigenvalue weighted by atomic mass is 32.2. The number of anilines is 1. The van der Waals surface area contributed by atoms with Gasteiger partial charge in [0.05, 0.1) is 27.0 Å². The number of hydrogen-bond acceptors (Lipinski definition) is 4. The van der Waals surface area contributed by atoms with Gasteiger partial charge in [0.2, 0.25) is 5.91 Å². The Balaban J connectivity index is 1.82. The molecule has 0 radical (unpaired) electrons. The average Bonchev–Trinajstić information content (AvgIpc) is 3.10. The van der Waals surface area contributed by atoms with Crippen LogP contribution in [0.3, 0.4) is 0 Å². The third-order valence-electron chi connectivity index (χ3n) is 5.22. The summed E-state index contributed by atoms with van der Waals surface area (Å²) in [5.74, 6) is 0.769. The van der Waals surface area contributed by atoms with Gasteiger partial charge in [-0.15, -0.1) is 0 Å². The fourth-order valence-electron chi connectivity index (χ4n) is 3.64. The topological polar surface area (TPSA) is 83.1 Å². The van der Waals surface area contributed by atoms with Crippen LogP contribution < -0.4 is 4.90 Å². The Hall–Kier alpha value is -2.67. The third kappa shape index (κ3) is 2.65. The number of aromatic amines is 1. The number of rotatable bonds is 3. The summed E-state index contributed by atoms with van der Waals surface area (Å²) in [4.78, 5) is 22.7. The van der Waals surface area contributed by atoms with Gasteiger partial charge in [0.25, 0.3) is 0 Å². The predicted octanol–water partition coefficient (Wildman–Crippen LogP) is 3.28. The molecule has 2 heterocycles. The molecule has 1 N–H and O–H groups in total. The van der Waals surface area contributed by atoms with Crippen molar-refractivity contribution in [1.82, 2.24) is 9.97 Å². The Morgan fingerprint density at radius 3 is 2.41 bits per heavy atom. The van der Waals surface area contributed by atoms with Crippen LogP contribution in [0.4, 0.5) is 5.69 Å². The Labute approximate surface area is 158 Å². The van der Waals surface area contributed by atoms with Gasteiger partial charge in [0.1, 0.15) is 5.82 Å². The van der Waals surface area contributed by atoms with Gasteiger partial charge in [-0.05, 0) is 62.7 Å². The lowest BCUT2D eigenvalue weighted by Crippen LogP contribution is -2.35. The number of nitrogens with zero attached hydrogens (tertiary/aromatic N) is 2. The average molecular weight is 383 g/mol. The van der Waals surface area contributed by atoms with Gasteiger partial charge in [-0.3, -0.25) is 4.79 Å². The fourth-order valence-corrected chi connectivity index (χ4v) is 4.27. The summed E-state index contributed by atoms with van der Waals surface area (Å²) >= 11 is 0. The maximum Gasteiger partial charge on any atom is 0.237 e. The number of benzene rings is 2. The minimum Gasteiger partial charge on any atom is -0.338 e. The second-order valence-electron chi connectivity index (χ2n) is 7.44. The van der Waals surface area contributed by atoms with Gasteiger partial charge in [0, 0.05) is 18.4 Å². The van der Waals surface area contributed by atoms with Crippen molar-refractivity contribution >= 4 is 32.5 Å². The molecule has 27 heavy (non-hydrogen) atoms. The highest BCUT2D eigenvalue weighted by Crippen LogP contribution is 2.43. The van der Waals surface area contributed by atoms with Crippen LogP contribution in [0.25, 0.3) is 22.4 Å². The van der Waals surface area contributed by atoms with Gasteiger partial charge in [-0.25, -0.2) is 13.4 Å². The van der Waals surface area contributed by atoms with E-state index in [2.05, 4.69) is 9.97 Å². The van der Waals surface area contributed by atoms with E-state index in [0.717, 1.165) is 27.8 Å². The molecule has 1 aliphatic rings. The van der Waals surface area contributed by atoms with Crippen LogP contribution in [0, 0.1) is 0 Å². The quantitative estimate of drug-likeness (QED) is 0.752. The number of amides is 1. The van der Waals surface area contributed by atoms with E-state index in [1.807, 2.05) is 32.9 Å². The second kappa shape index (κ2) is 5.66. The Kier molecular flexibility index (Phi) is 3.72. The number of aromatic nitrogens is 2. The van der Waals surface area contributed by atoms with E-state index in [1.165, 1.54) is 6.26 Å². The molecular weight excluding hydrogens is 362 g/mol. The molecule has 4 rings (SSSR count). The highest BCUT2D eigenvalue weighted by molar-refractivity contribution is 7.90. The van der Waals surface area contributed by atoms with E-state index in [4.69, 9.17) is 0 Å². The molecule has 1 amide bonds. The zero-order chi connectivity index (χ0) is 19.6. The van der Waals surface area contributed by atoms with Crippen LogP contribution in [0.2, 0.25) is 0 Å². The van der Waals surface area contributed by atoms with Crippen molar-refractivity contribution in [2.45, 2.75) is 31.1 Å². The molecule has 0 spiro atoms. The van der Waals surface area contributed by atoms with Crippen molar-refractivity contribution in [1.29, 1.82) is 0 Å². The fraction of sp³-hybridized carbons (Fsp3) is 0.300. The Bertz CT molecular complexity index is 1180. The third-order valence-corrected chi connectivity index (χ3v) is 6.34. The first kappa shape index (κ1) is 17.7. The van der Waals surface area contributed by atoms with Crippen LogP contribution in [0.15, 0.2) is 41.3 Å². The second-order valence-corrected chi connectivity index (χ2v) is 9.46. The van der Waals surface area contributed by atoms with Crippen molar-refractivity contribution in [2.24, 2.45) is 0 Å². The van der Waals surface area contributed by atoms with Crippen LogP contribution in [0.1, 0.15) is 26.3 Å². The number of H-pyrrole nitrogens is 1. The Morgan fingerprint density at radius 2 is 1.81 bits per heavy atom. The van der Waals surface area contributed by atoms with E-state index >= 15 is 0 Å². The van der Waals surface area contributed by atoms with Crippen molar-refractivity contribution in [2.75, 3.05) is 17.7 Å². The highest BCUT2D eigenvalue weighted by Gasteiger charge is 2.43. The number of imidazole rings is 1. The summed E-state index contributed by atoms with van der Waals surface area (Å²) in [7, 11) is -3.23. The molecule has 0 bridgehead atoms. The molecule has 2 aromatic carbocycles. The zero-order valence-electron chi connectivity index (χ0n) is 15.7. The van der Waals surface area contributed by atoms with Crippen molar-refractivity contribution < 1.29 is 13.2 Å². The van der Waals surface area contributed by atoms with E-state index in [1.54, 1.807) is 29.2 Å². The number of carbonyl (C=O) groups excluding carboxylic acids is 1. The summed E-state index contributed by atoms with van der Waals surface area (Å²) in [6.07, 6.45) is 1.19. The minimum absolute atomic E-state index is 0.101. The summed E-state index contributed by atoms with van der Waals surface area (Å²) in [6, 6.07) is 10.6. The van der Waals surface area contributed by atoms with Gasteiger partial charge >= 0.3 is 0 Å². The number of likely N-dealkylation sites (N-methyl/N-ethyl adjacent to an activating group) is 1. The standard InChI is InChI=1S/C20H21N3O3S/c1-5-23-17-11-16-15(10-14(17)20(2,3)19(23)24)21-18(22-16)12-6-8-13(9-7-12)27(4,25)26/h6-11H,5H2,1-4H3,(H,21,22). The molecule has 140 valence electrons. The zero-order valence-corrected chi connectivity index (χ0v) is 16.5. The molecule has 0 fully saturated rings. The van der Waals surface area contributed by atoms with Crippen LogP contribution >= 0.6 is 0 Å². The lowest BCUT2D eigenvalue weighted by molar-refractivity contribution is -0.122. The number of hydrogen-bond donors (Lipinski definition) is 1. The van der Waals surface area contributed by atoms with E-state index < -0.39 is 15.3 Å². The molecule has 0 unspecified atom stereocenters. The van der Waals surface area contributed by atoms with Crippen molar-refractivity contribution in [3.8, 4) is 11.4 Å². The molecule has 0 atom stereocenters. The molecule has 6 nitrogen and oxygen atoms in total. The van der Waals surface area contributed by atoms with Gasteiger partial charge in [-0.1, -0.05) is 0 Å². The molecule has 1 aliphatic heterocycles. The SMILES string of the molecule is CCN1C(=O)C(C)(C)c2cc3[nH]c(-c4ccc(S(C)(=O)=O)cc4)nc3cc21. The number of fused-ring (bicyclic) bond motifs is 2. The number of carbonyl (C=O) groups is 1. The van der Waals surface area contributed by atoms with Crippen molar-refractivity contribution in [3.05, 3.63) is 42.0 Å². The lowest BCUT2D eigenvalue weighted by Gasteiger charge is -2.18. The summed E-state index contributed by atoms with van der Waals surface area (Å²) in [6.45, 7) is 6.46. The minimum atomic E-state index is -3.23. The summed E-state index contributed by atoms with van der Waals surface area (Å²) in [5.41, 5.74) is 3.77. The molecule has 0 saturated heterocycles. The number of sulfone groups is 1. The maximum atomic E-state index is 12.7. The van der Waals surface area contributed by atoms with E-state index in [-0.39, 0.29) is 10.8 Å². The molecule has 1 aromatic heterocycles. The summed E-state index contributed by atoms with van der Waals surface area (Å²) in [5, 5.41) is 0. The largest absolute Gasteiger partial charge is 0.338 e. The molecular formula is C20H21N3O3S. The van der Waals surface area contributed by atoms with Crippen LogP contribution in [-0.2, 0) is 20.0 Å². The maximum absolute atomic E-state index is 12.7. The normalized spacial score (nSPS) is 16.1. The molecule has 0 saturated carbocycles. The predicted molar refractivity (Wildman–Crippen MR) is 106 cm³/mol. The van der Waals surface area contributed by atoms with Crippen molar-refractivity contribution in [3.63, 3.8) is 0 Å². The number of nitrogens with one attached hydrogen (secondary N) is 1.